The average molecular weight is 252 g/mol. The van der Waals surface area contributed by atoms with Gasteiger partial charge in [-0.1, -0.05) is 28.5 Å². The smallest absolute Gasteiger partial charge is 0.122 e. The van der Waals surface area contributed by atoms with Gasteiger partial charge in [-0.15, -0.1) is 6.42 Å². The molecule has 0 aliphatic rings. The zero-order valence-corrected chi connectivity index (χ0v) is 8.64. The Labute approximate surface area is 76.7 Å². The van der Waals surface area contributed by atoms with Crippen LogP contribution >= 0.6 is 22.6 Å². The van der Waals surface area contributed by atoms with E-state index in [2.05, 4.69) is 28.5 Å². The number of halogens is 1. The van der Waals surface area contributed by atoms with Crippen molar-refractivity contribution in [3.8, 4) is 12.3 Å². The van der Waals surface area contributed by atoms with Gasteiger partial charge in [0.05, 0.1) is 0 Å². The van der Waals surface area contributed by atoms with Crippen LogP contribution in [0.2, 0.25) is 0 Å². The maximum absolute atomic E-state index is 5.38. The van der Waals surface area contributed by atoms with Crippen molar-refractivity contribution < 1.29 is 4.74 Å². The van der Waals surface area contributed by atoms with Crippen LogP contribution < -0.4 is 0 Å². The molecule has 0 aromatic rings. The van der Waals surface area contributed by atoms with Crippen LogP contribution in [0.3, 0.4) is 0 Å². The molecule has 0 saturated carbocycles. The van der Waals surface area contributed by atoms with Gasteiger partial charge in [-0.2, -0.15) is 0 Å². The molecule has 0 aromatic carbocycles. The van der Waals surface area contributed by atoms with Gasteiger partial charge in [0, 0.05) is 11.0 Å². The Morgan fingerprint density at radius 2 is 2.20 bits per heavy atom. The summed E-state index contributed by atoms with van der Waals surface area (Å²) < 4.78 is 6.50. The van der Waals surface area contributed by atoms with Crippen molar-refractivity contribution in [2.24, 2.45) is 0 Å². The molecular formula is C8H13IO. The maximum Gasteiger partial charge on any atom is 0.122 e. The highest BCUT2D eigenvalue weighted by molar-refractivity contribution is 14.1. The van der Waals surface area contributed by atoms with E-state index in [0.29, 0.717) is 0 Å². The van der Waals surface area contributed by atoms with Gasteiger partial charge in [0.2, 0.25) is 0 Å². The van der Waals surface area contributed by atoms with Crippen molar-refractivity contribution >= 4 is 22.6 Å². The lowest BCUT2D eigenvalue weighted by Crippen LogP contribution is -2.22. The lowest BCUT2D eigenvalue weighted by Gasteiger charge is -2.17. The second kappa shape index (κ2) is 4.97. The van der Waals surface area contributed by atoms with Gasteiger partial charge in [0.15, 0.2) is 0 Å². The molecule has 0 heterocycles. The van der Waals surface area contributed by atoms with Crippen LogP contribution in [0.25, 0.3) is 0 Å². The second-order valence-corrected chi connectivity index (χ2v) is 3.62. The normalized spacial score (nSPS) is 11.0. The number of hydrogen-bond donors (Lipinski definition) is 0. The minimum Gasteiger partial charge on any atom is -0.363 e. The average Bonchev–Trinajstić information content (AvgIpc) is 1.89. The Bertz CT molecular complexity index is 124. The van der Waals surface area contributed by atoms with E-state index < -0.39 is 0 Å². The van der Waals surface area contributed by atoms with Crippen LogP contribution in [0.15, 0.2) is 0 Å². The summed E-state index contributed by atoms with van der Waals surface area (Å²) in [5, 5.41) is 0. The third-order valence-corrected chi connectivity index (χ3v) is 1.85. The zero-order chi connectivity index (χ0) is 8.04. The van der Waals surface area contributed by atoms with E-state index >= 15 is 0 Å². The molecule has 10 heavy (non-hydrogen) atoms. The third kappa shape index (κ3) is 5.07. The number of alkyl halides is 1. The van der Waals surface area contributed by atoms with Gasteiger partial charge >= 0.3 is 0 Å². The Morgan fingerprint density at radius 3 is 2.60 bits per heavy atom. The third-order valence-electron chi connectivity index (χ3n) is 1.09. The molecule has 0 unspecified atom stereocenters. The highest BCUT2D eigenvalue weighted by Gasteiger charge is 2.12. The first-order valence-corrected chi connectivity index (χ1v) is 4.82. The molecule has 0 aliphatic carbocycles. The van der Waals surface area contributed by atoms with Crippen LogP contribution in [0, 0.1) is 12.3 Å². The van der Waals surface area contributed by atoms with E-state index in [1.54, 1.807) is 0 Å². The lowest BCUT2D eigenvalue weighted by molar-refractivity contribution is 0.0283. The monoisotopic (exact) mass is 252 g/mol. The van der Waals surface area contributed by atoms with E-state index in [9.17, 15) is 0 Å². The summed E-state index contributed by atoms with van der Waals surface area (Å²) in [6.07, 6.45) is 6.29. The fraction of sp³-hybridized carbons (Fsp3) is 0.750. The van der Waals surface area contributed by atoms with Crippen molar-refractivity contribution in [2.75, 3.05) is 11.0 Å². The van der Waals surface area contributed by atoms with Gasteiger partial charge in [0.1, 0.15) is 5.60 Å². The SMILES string of the molecule is C#CC(C)(C)OCCCI. The first-order chi connectivity index (χ1) is 4.62. The summed E-state index contributed by atoms with van der Waals surface area (Å²) in [5.41, 5.74) is -0.383. The summed E-state index contributed by atoms with van der Waals surface area (Å²) >= 11 is 2.32. The van der Waals surface area contributed by atoms with Crippen molar-refractivity contribution in [3.63, 3.8) is 0 Å². The maximum atomic E-state index is 5.38. The molecule has 0 radical (unpaired) electrons. The highest BCUT2D eigenvalue weighted by atomic mass is 127. The van der Waals surface area contributed by atoms with Crippen LogP contribution in [-0.2, 0) is 4.74 Å². The molecule has 0 spiro atoms. The Kier molecular flexibility index (Phi) is 5.10. The molecule has 0 bridgehead atoms. The molecule has 58 valence electrons. The summed E-state index contributed by atoms with van der Waals surface area (Å²) in [6, 6.07) is 0. The number of terminal acetylenes is 1. The van der Waals surface area contributed by atoms with Crippen LogP contribution in [-0.4, -0.2) is 16.6 Å². The molecular weight excluding hydrogens is 239 g/mol. The molecule has 0 saturated heterocycles. The Hall–Kier alpha value is 0.250. The van der Waals surface area contributed by atoms with Crippen LogP contribution in [0.1, 0.15) is 20.3 Å². The molecule has 0 amide bonds. The number of ether oxygens (including phenoxy) is 1. The van der Waals surface area contributed by atoms with E-state index in [4.69, 9.17) is 11.2 Å². The minimum atomic E-state index is -0.383. The molecule has 0 N–H and O–H groups in total. The van der Waals surface area contributed by atoms with Crippen molar-refractivity contribution in [3.05, 3.63) is 0 Å². The van der Waals surface area contributed by atoms with Gasteiger partial charge in [-0.05, 0) is 20.3 Å². The van der Waals surface area contributed by atoms with Crippen molar-refractivity contribution in [2.45, 2.75) is 25.9 Å². The van der Waals surface area contributed by atoms with Gasteiger partial charge in [-0.3, -0.25) is 0 Å². The van der Waals surface area contributed by atoms with Crippen LogP contribution in [0.4, 0.5) is 0 Å². The van der Waals surface area contributed by atoms with Crippen LogP contribution in [0.5, 0.6) is 0 Å². The molecule has 1 nitrogen and oxygen atoms in total. The summed E-state index contributed by atoms with van der Waals surface area (Å²) in [5.74, 6) is 2.58. The lowest BCUT2D eigenvalue weighted by atomic mass is 10.1. The minimum absolute atomic E-state index is 0.383. The fourth-order valence-electron chi connectivity index (χ4n) is 0.424. The molecule has 0 aliphatic heterocycles. The van der Waals surface area contributed by atoms with Crippen molar-refractivity contribution in [1.82, 2.24) is 0 Å². The Morgan fingerprint density at radius 1 is 1.60 bits per heavy atom. The number of hydrogen-bond acceptors (Lipinski definition) is 1. The Balaban J connectivity index is 3.40. The molecule has 0 aromatic heterocycles. The summed E-state index contributed by atoms with van der Waals surface area (Å²) in [6.45, 7) is 4.57. The second-order valence-electron chi connectivity index (χ2n) is 2.55. The molecule has 0 atom stereocenters. The predicted molar refractivity (Wildman–Crippen MR) is 52.4 cm³/mol. The largest absolute Gasteiger partial charge is 0.363 e. The first-order valence-electron chi connectivity index (χ1n) is 3.30. The van der Waals surface area contributed by atoms with E-state index in [0.717, 1.165) is 17.5 Å². The number of rotatable bonds is 4. The predicted octanol–water partition coefficient (Wildman–Crippen LogP) is 2.24. The quantitative estimate of drug-likeness (QED) is 0.322. The summed E-state index contributed by atoms with van der Waals surface area (Å²) in [4.78, 5) is 0. The van der Waals surface area contributed by atoms with Gasteiger partial charge in [0.25, 0.3) is 0 Å². The van der Waals surface area contributed by atoms with E-state index in [-0.39, 0.29) is 5.60 Å². The highest BCUT2D eigenvalue weighted by Crippen LogP contribution is 2.07. The van der Waals surface area contributed by atoms with Gasteiger partial charge < -0.3 is 4.74 Å². The summed E-state index contributed by atoms with van der Waals surface area (Å²) in [7, 11) is 0. The molecule has 2 heteroatoms. The first kappa shape index (κ1) is 10.2. The van der Waals surface area contributed by atoms with Crippen molar-refractivity contribution in [1.29, 1.82) is 0 Å². The molecule has 0 rings (SSSR count). The van der Waals surface area contributed by atoms with Gasteiger partial charge in [-0.25, -0.2) is 0 Å². The zero-order valence-electron chi connectivity index (χ0n) is 6.48. The van der Waals surface area contributed by atoms with E-state index in [1.165, 1.54) is 0 Å². The standard InChI is InChI=1S/C8H13IO/c1-4-8(2,3)10-7-5-6-9/h1H,5-7H2,2-3H3. The van der Waals surface area contributed by atoms with E-state index in [1.807, 2.05) is 13.8 Å². The topological polar surface area (TPSA) is 9.23 Å². The fourth-order valence-corrected chi connectivity index (χ4v) is 0.735. The molecule has 0 fully saturated rings.